The first-order valence-corrected chi connectivity index (χ1v) is 9.78. The second-order valence-corrected chi connectivity index (χ2v) is 8.80. The van der Waals surface area contributed by atoms with Crippen molar-refractivity contribution < 1.29 is 13.6 Å². The molecular weight excluding hydrogens is 290 g/mol. The fraction of sp³-hybridized carbons (Fsp3) is 0.929. The van der Waals surface area contributed by atoms with Crippen molar-refractivity contribution in [3.63, 3.8) is 0 Å². The molecule has 0 aromatic carbocycles. The number of nitrogens with zero attached hydrogens (tertiary/aromatic N) is 2. The van der Waals surface area contributed by atoms with Gasteiger partial charge in [-0.15, -0.1) is 0 Å². The zero-order chi connectivity index (χ0) is 15.5. The fourth-order valence-corrected chi connectivity index (χ4v) is 4.99. The van der Waals surface area contributed by atoms with Crippen molar-refractivity contribution in [3.05, 3.63) is 0 Å². The first-order valence-electron chi connectivity index (χ1n) is 7.83. The number of sulfone groups is 1. The Morgan fingerprint density at radius 3 is 2.38 bits per heavy atom. The van der Waals surface area contributed by atoms with Gasteiger partial charge in [-0.1, -0.05) is 24.4 Å². The normalized spacial score (nSPS) is 29.1. The van der Waals surface area contributed by atoms with Crippen LogP contribution in [0.5, 0.6) is 0 Å². The van der Waals surface area contributed by atoms with E-state index in [0.717, 1.165) is 32.1 Å². The van der Waals surface area contributed by atoms with Crippen LogP contribution in [0, 0.1) is 0 Å². The van der Waals surface area contributed by atoms with Crippen molar-refractivity contribution >= 4 is 15.7 Å². The van der Waals surface area contributed by atoms with Crippen molar-refractivity contribution in [2.24, 2.45) is 10.9 Å². The average molecular weight is 317 g/mol. The van der Waals surface area contributed by atoms with Crippen molar-refractivity contribution in [3.8, 4) is 0 Å². The SMILES string of the molecule is CS(=O)(=O)C1CCCC(N(CC(N)=NO)C2CCCC2)C1. The molecule has 122 valence electrons. The summed E-state index contributed by atoms with van der Waals surface area (Å²) in [6, 6.07) is 0.662. The third-order valence-electron chi connectivity index (χ3n) is 4.94. The van der Waals surface area contributed by atoms with E-state index in [1.807, 2.05) is 0 Å². The van der Waals surface area contributed by atoms with Crippen LogP contribution in [0.3, 0.4) is 0 Å². The molecule has 2 saturated carbocycles. The summed E-state index contributed by atoms with van der Waals surface area (Å²) < 4.78 is 23.7. The minimum absolute atomic E-state index is 0.211. The Kier molecular flexibility index (Phi) is 5.48. The maximum absolute atomic E-state index is 11.8. The summed E-state index contributed by atoms with van der Waals surface area (Å²) in [6.07, 6.45) is 9.37. The number of oxime groups is 1. The Hall–Kier alpha value is -0.820. The molecule has 0 bridgehead atoms. The standard InChI is InChI=1S/C14H27N3O3S/c1-21(19,20)13-8-4-7-12(9-13)17(10-14(15)16-18)11-5-2-3-6-11/h11-13,18H,2-10H2,1H3,(H2,15,16). The topological polar surface area (TPSA) is 96.0 Å². The second-order valence-electron chi connectivity index (χ2n) is 6.47. The van der Waals surface area contributed by atoms with Gasteiger partial charge in [-0.05, 0) is 32.1 Å². The molecule has 0 spiro atoms. The molecule has 0 amide bonds. The number of hydrogen-bond donors (Lipinski definition) is 2. The smallest absolute Gasteiger partial charge is 0.153 e. The van der Waals surface area contributed by atoms with Gasteiger partial charge in [0.25, 0.3) is 0 Å². The van der Waals surface area contributed by atoms with Crippen molar-refractivity contribution in [2.45, 2.75) is 68.7 Å². The van der Waals surface area contributed by atoms with E-state index in [1.54, 1.807) is 0 Å². The lowest BCUT2D eigenvalue weighted by Gasteiger charge is -2.40. The van der Waals surface area contributed by atoms with Gasteiger partial charge in [-0.25, -0.2) is 8.42 Å². The highest BCUT2D eigenvalue weighted by Gasteiger charge is 2.35. The summed E-state index contributed by atoms with van der Waals surface area (Å²) >= 11 is 0. The molecular formula is C14H27N3O3S. The molecule has 0 aliphatic heterocycles. The third-order valence-corrected chi connectivity index (χ3v) is 6.58. The third kappa shape index (κ3) is 4.32. The molecule has 2 fully saturated rings. The summed E-state index contributed by atoms with van der Waals surface area (Å²) in [5.41, 5.74) is 5.71. The number of nitrogens with two attached hydrogens (primary N) is 1. The molecule has 3 N–H and O–H groups in total. The van der Waals surface area contributed by atoms with Crippen LogP contribution in [0.4, 0.5) is 0 Å². The molecule has 0 saturated heterocycles. The van der Waals surface area contributed by atoms with E-state index in [9.17, 15) is 8.42 Å². The van der Waals surface area contributed by atoms with Crippen molar-refractivity contribution in [1.29, 1.82) is 0 Å². The van der Waals surface area contributed by atoms with Gasteiger partial charge in [0, 0.05) is 18.3 Å². The van der Waals surface area contributed by atoms with Gasteiger partial charge in [0.2, 0.25) is 0 Å². The molecule has 0 heterocycles. The van der Waals surface area contributed by atoms with Crippen LogP contribution in [0.2, 0.25) is 0 Å². The Bertz CT molecular complexity index is 472. The lowest BCUT2D eigenvalue weighted by atomic mass is 9.92. The largest absolute Gasteiger partial charge is 0.409 e. The van der Waals surface area contributed by atoms with Crippen LogP contribution in [-0.4, -0.2) is 54.5 Å². The summed E-state index contributed by atoms with van der Waals surface area (Å²) in [7, 11) is -2.99. The molecule has 2 aliphatic carbocycles. The summed E-state index contributed by atoms with van der Waals surface area (Å²) in [6.45, 7) is 0.433. The zero-order valence-electron chi connectivity index (χ0n) is 12.7. The zero-order valence-corrected chi connectivity index (χ0v) is 13.6. The van der Waals surface area contributed by atoms with Crippen LogP contribution < -0.4 is 5.73 Å². The molecule has 0 aromatic heterocycles. The predicted octanol–water partition coefficient (Wildman–Crippen LogP) is 1.33. The van der Waals surface area contributed by atoms with E-state index in [2.05, 4.69) is 10.1 Å². The molecule has 0 radical (unpaired) electrons. The minimum atomic E-state index is -2.99. The van der Waals surface area contributed by atoms with Crippen LogP contribution >= 0.6 is 0 Å². The predicted molar refractivity (Wildman–Crippen MR) is 83.3 cm³/mol. The Labute approximate surface area is 127 Å². The molecule has 2 aliphatic rings. The highest BCUT2D eigenvalue weighted by molar-refractivity contribution is 7.91. The van der Waals surface area contributed by atoms with Gasteiger partial charge < -0.3 is 10.9 Å². The first kappa shape index (κ1) is 16.5. The number of amidine groups is 1. The molecule has 7 heteroatoms. The Morgan fingerprint density at radius 2 is 1.81 bits per heavy atom. The fourth-order valence-electron chi connectivity index (χ4n) is 3.82. The second kappa shape index (κ2) is 6.96. The van der Waals surface area contributed by atoms with Gasteiger partial charge in [0.05, 0.1) is 11.8 Å². The average Bonchev–Trinajstić information content (AvgIpc) is 2.97. The van der Waals surface area contributed by atoms with Crippen LogP contribution in [-0.2, 0) is 9.84 Å². The molecule has 6 nitrogen and oxygen atoms in total. The lowest BCUT2D eigenvalue weighted by Crippen LogP contribution is -2.49. The Balaban J connectivity index is 2.11. The number of hydrogen-bond acceptors (Lipinski definition) is 5. The van der Waals surface area contributed by atoms with E-state index in [-0.39, 0.29) is 17.1 Å². The van der Waals surface area contributed by atoms with Gasteiger partial charge in [-0.3, -0.25) is 4.90 Å². The summed E-state index contributed by atoms with van der Waals surface area (Å²) in [5.74, 6) is 0.211. The van der Waals surface area contributed by atoms with Gasteiger partial charge in [0.1, 0.15) is 9.84 Å². The first-order chi connectivity index (χ1) is 9.91. The van der Waals surface area contributed by atoms with E-state index >= 15 is 0 Å². The van der Waals surface area contributed by atoms with Crippen molar-refractivity contribution in [2.75, 3.05) is 12.8 Å². The monoisotopic (exact) mass is 317 g/mol. The van der Waals surface area contributed by atoms with Gasteiger partial charge >= 0.3 is 0 Å². The Morgan fingerprint density at radius 1 is 1.19 bits per heavy atom. The number of rotatable bonds is 5. The molecule has 2 atom stereocenters. The van der Waals surface area contributed by atoms with Crippen LogP contribution in [0.25, 0.3) is 0 Å². The summed E-state index contributed by atoms with van der Waals surface area (Å²) in [4.78, 5) is 2.29. The molecule has 2 rings (SSSR count). The highest BCUT2D eigenvalue weighted by Crippen LogP contribution is 2.32. The highest BCUT2D eigenvalue weighted by atomic mass is 32.2. The van der Waals surface area contributed by atoms with E-state index in [4.69, 9.17) is 10.9 Å². The minimum Gasteiger partial charge on any atom is -0.409 e. The molecule has 0 aromatic rings. The lowest BCUT2D eigenvalue weighted by molar-refractivity contribution is 0.125. The van der Waals surface area contributed by atoms with E-state index in [0.29, 0.717) is 19.0 Å². The van der Waals surface area contributed by atoms with E-state index in [1.165, 1.54) is 19.1 Å². The van der Waals surface area contributed by atoms with Crippen LogP contribution in [0.1, 0.15) is 51.4 Å². The maximum atomic E-state index is 11.8. The maximum Gasteiger partial charge on any atom is 0.153 e. The van der Waals surface area contributed by atoms with Gasteiger partial charge in [-0.2, -0.15) is 0 Å². The molecule has 21 heavy (non-hydrogen) atoms. The van der Waals surface area contributed by atoms with Crippen molar-refractivity contribution in [1.82, 2.24) is 4.90 Å². The van der Waals surface area contributed by atoms with E-state index < -0.39 is 9.84 Å². The van der Waals surface area contributed by atoms with Crippen LogP contribution in [0.15, 0.2) is 5.16 Å². The molecule has 2 unspecified atom stereocenters. The van der Waals surface area contributed by atoms with Gasteiger partial charge in [0.15, 0.2) is 5.84 Å². The quantitative estimate of drug-likeness (QED) is 0.345. The summed E-state index contributed by atoms with van der Waals surface area (Å²) in [5, 5.41) is 11.7.